The Morgan fingerprint density at radius 1 is 1.00 bits per heavy atom. The van der Waals surface area contributed by atoms with E-state index in [0.717, 1.165) is 25.7 Å². The van der Waals surface area contributed by atoms with Crippen LogP contribution in [0, 0.1) is 58.2 Å². The summed E-state index contributed by atoms with van der Waals surface area (Å²) in [6.45, 7) is 12.9. The first kappa shape index (κ1) is 26.1. The molecule has 6 heteroatoms. The topological polar surface area (TPSA) is 104 Å². The van der Waals surface area contributed by atoms with Crippen LogP contribution in [-0.4, -0.2) is 52.0 Å². The minimum Gasteiger partial charge on any atom is -0.465 e. The van der Waals surface area contributed by atoms with Crippen molar-refractivity contribution in [2.75, 3.05) is 6.61 Å². The minimum atomic E-state index is -0.928. The average molecular weight is 479 g/mol. The highest BCUT2D eigenvalue weighted by atomic mass is 16.5. The van der Waals surface area contributed by atoms with Crippen molar-refractivity contribution in [3.63, 3.8) is 0 Å². The van der Waals surface area contributed by atoms with Gasteiger partial charge >= 0.3 is 5.97 Å². The maximum absolute atomic E-state index is 13.3. The first-order chi connectivity index (χ1) is 15.8. The average Bonchev–Trinajstić information content (AvgIpc) is 3.09. The number of hydrogen-bond donors (Lipinski definition) is 3. The van der Waals surface area contributed by atoms with Gasteiger partial charge in [-0.1, -0.05) is 41.5 Å². The van der Waals surface area contributed by atoms with Crippen LogP contribution in [0.4, 0.5) is 0 Å². The van der Waals surface area contributed by atoms with Crippen molar-refractivity contribution in [3.8, 4) is 0 Å². The lowest BCUT2D eigenvalue weighted by Gasteiger charge is -2.55. The van der Waals surface area contributed by atoms with Crippen LogP contribution in [0.2, 0.25) is 0 Å². The molecule has 3 N–H and O–H groups in total. The summed E-state index contributed by atoms with van der Waals surface area (Å²) < 4.78 is 5.84. The molecular weight excluding hydrogens is 432 g/mol. The maximum Gasteiger partial charge on any atom is 0.309 e. The van der Waals surface area contributed by atoms with E-state index in [1.165, 1.54) is 0 Å². The molecule has 194 valence electrons. The molecule has 3 saturated carbocycles. The van der Waals surface area contributed by atoms with Crippen LogP contribution in [0.1, 0.15) is 80.1 Å². The highest BCUT2D eigenvalue weighted by Crippen LogP contribution is 2.66. The van der Waals surface area contributed by atoms with Crippen molar-refractivity contribution in [2.24, 2.45) is 58.2 Å². The van der Waals surface area contributed by atoms with Gasteiger partial charge in [-0.2, -0.15) is 0 Å². The Hall–Kier alpha value is -0.980. The summed E-state index contributed by atoms with van der Waals surface area (Å²) in [5, 5.41) is 31.6. The Labute approximate surface area is 204 Å². The summed E-state index contributed by atoms with van der Waals surface area (Å²) in [5.41, 5.74) is -0.424. The molecule has 4 fully saturated rings. The van der Waals surface area contributed by atoms with Gasteiger partial charge in [0.15, 0.2) is 5.78 Å². The van der Waals surface area contributed by atoms with Crippen LogP contribution in [0.5, 0.6) is 0 Å². The molecule has 0 aromatic rings. The van der Waals surface area contributed by atoms with Crippen LogP contribution in [0.3, 0.4) is 0 Å². The van der Waals surface area contributed by atoms with Gasteiger partial charge < -0.3 is 20.1 Å². The second-order valence-electron chi connectivity index (χ2n) is 13.1. The fourth-order valence-electron chi connectivity index (χ4n) is 8.74. The number of ketones is 1. The zero-order valence-corrected chi connectivity index (χ0v) is 21.9. The SMILES string of the molecule is CC(C)[C@@H](C)[C@@H](O)C(=O)[C@@H](C)[C@H]1CC[C@H]2[C@@H]3COC(=O)[C@H]4C[C@H](O)[C@H](O)C[C@]4(C)[C@H]3CC[C@]12C. The van der Waals surface area contributed by atoms with Crippen molar-refractivity contribution >= 4 is 11.8 Å². The Balaban J connectivity index is 1.58. The van der Waals surface area contributed by atoms with Crippen LogP contribution >= 0.6 is 0 Å². The summed E-state index contributed by atoms with van der Waals surface area (Å²) in [5.74, 6) is 0.343. The Morgan fingerprint density at radius 2 is 1.65 bits per heavy atom. The Bertz CT molecular complexity index is 796. The number of fused-ring (bicyclic) bond motifs is 5. The molecule has 0 radical (unpaired) electrons. The molecule has 1 saturated heterocycles. The van der Waals surface area contributed by atoms with E-state index in [0.29, 0.717) is 18.9 Å². The number of carbonyl (C=O) groups excluding carboxylic acids is 2. The molecule has 0 bridgehead atoms. The fourth-order valence-corrected chi connectivity index (χ4v) is 8.74. The fraction of sp³-hybridized carbons (Fsp3) is 0.929. The van der Waals surface area contributed by atoms with Gasteiger partial charge in [-0.3, -0.25) is 9.59 Å². The van der Waals surface area contributed by atoms with E-state index in [2.05, 4.69) is 13.8 Å². The third kappa shape index (κ3) is 3.96. The van der Waals surface area contributed by atoms with Crippen molar-refractivity contribution in [3.05, 3.63) is 0 Å². The van der Waals surface area contributed by atoms with Crippen molar-refractivity contribution < 1.29 is 29.6 Å². The first-order valence-electron chi connectivity index (χ1n) is 13.6. The summed E-state index contributed by atoms with van der Waals surface area (Å²) >= 11 is 0. The molecule has 0 amide bonds. The van der Waals surface area contributed by atoms with E-state index < -0.39 is 18.3 Å². The van der Waals surface area contributed by atoms with Gasteiger partial charge in [0.1, 0.15) is 6.10 Å². The lowest BCUT2D eigenvalue weighted by molar-refractivity contribution is -0.162. The third-order valence-corrected chi connectivity index (χ3v) is 11.3. The van der Waals surface area contributed by atoms with Gasteiger partial charge in [-0.15, -0.1) is 0 Å². The molecule has 1 aliphatic heterocycles. The van der Waals surface area contributed by atoms with Gasteiger partial charge in [0, 0.05) is 5.92 Å². The quantitative estimate of drug-likeness (QED) is 0.522. The number of Topliss-reactive ketones (excluding diaryl/α,β-unsaturated/α-hetero) is 1. The smallest absolute Gasteiger partial charge is 0.309 e. The third-order valence-electron chi connectivity index (χ3n) is 11.3. The molecular formula is C28H46O6. The van der Waals surface area contributed by atoms with Crippen molar-refractivity contribution in [2.45, 2.75) is 98.4 Å². The molecule has 6 nitrogen and oxygen atoms in total. The van der Waals surface area contributed by atoms with Gasteiger partial charge in [0.2, 0.25) is 0 Å². The van der Waals surface area contributed by atoms with Crippen LogP contribution in [0.25, 0.3) is 0 Å². The van der Waals surface area contributed by atoms with Crippen LogP contribution in [-0.2, 0) is 14.3 Å². The molecule has 0 unspecified atom stereocenters. The number of aliphatic hydroxyl groups is 3. The van der Waals surface area contributed by atoms with Crippen molar-refractivity contribution in [1.82, 2.24) is 0 Å². The summed E-state index contributed by atoms with van der Waals surface area (Å²) in [6.07, 6.45) is 1.95. The Kier molecular flexibility index (Phi) is 7.02. The second-order valence-corrected chi connectivity index (χ2v) is 13.1. The second kappa shape index (κ2) is 9.15. The number of esters is 1. The molecule has 12 atom stereocenters. The van der Waals surface area contributed by atoms with E-state index >= 15 is 0 Å². The molecule has 0 aromatic heterocycles. The highest BCUT2D eigenvalue weighted by molar-refractivity contribution is 5.85. The number of carbonyl (C=O) groups is 2. The minimum absolute atomic E-state index is 0.0288. The van der Waals surface area contributed by atoms with Crippen LogP contribution < -0.4 is 0 Å². The predicted molar refractivity (Wildman–Crippen MR) is 129 cm³/mol. The molecule has 1 heterocycles. The van der Waals surface area contributed by atoms with E-state index in [1.807, 2.05) is 27.7 Å². The molecule has 34 heavy (non-hydrogen) atoms. The number of cyclic esters (lactones) is 1. The number of ether oxygens (including phenoxy) is 1. The summed E-state index contributed by atoms with van der Waals surface area (Å²) in [6, 6.07) is 0. The molecule has 3 aliphatic carbocycles. The van der Waals surface area contributed by atoms with E-state index in [1.54, 1.807) is 0 Å². The molecule has 0 spiro atoms. The van der Waals surface area contributed by atoms with Crippen LogP contribution in [0.15, 0.2) is 0 Å². The van der Waals surface area contributed by atoms with E-state index in [9.17, 15) is 24.9 Å². The molecule has 4 rings (SSSR count). The zero-order chi connectivity index (χ0) is 25.2. The number of aliphatic hydroxyl groups excluding tert-OH is 3. The van der Waals surface area contributed by atoms with E-state index in [-0.39, 0.29) is 70.4 Å². The molecule has 0 aromatic carbocycles. The predicted octanol–water partition coefficient (Wildman–Crippen LogP) is 3.60. The van der Waals surface area contributed by atoms with E-state index in [4.69, 9.17) is 4.74 Å². The largest absolute Gasteiger partial charge is 0.465 e. The van der Waals surface area contributed by atoms with Gasteiger partial charge in [0.25, 0.3) is 0 Å². The number of hydrogen-bond acceptors (Lipinski definition) is 6. The lowest BCUT2D eigenvalue weighted by Crippen LogP contribution is -2.54. The standard InChI is InChI=1S/C28H46O6/c1-14(2)15(3)24(31)25(32)16(4)18-7-8-19-17-13-34-26(33)21-11-22(29)23(30)12-28(21,6)20(17)9-10-27(18,19)5/h14-24,29-31H,7-13H2,1-6H3/t15-,16+,17+,18-,19+,20+,21-,22+,23-,24-,27-,28-/m1/s1. The normalized spacial score (nSPS) is 47.0. The highest BCUT2D eigenvalue weighted by Gasteiger charge is 2.63. The summed E-state index contributed by atoms with van der Waals surface area (Å²) in [7, 11) is 0. The van der Waals surface area contributed by atoms with Gasteiger partial charge in [-0.25, -0.2) is 0 Å². The summed E-state index contributed by atoms with van der Waals surface area (Å²) in [4.78, 5) is 26.3. The Morgan fingerprint density at radius 3 is 2.29 bits per heavy atom. The molecule has 4 aliphatic rings. The monoisotopic (exact) mass is 478 g/mol. The maximum atomic E-state index is 13.3. The number of rotatable bonds is 5. The lowest BCUT2D eigenvalue weighted by atomic mass is 9.48. The van der Waals surface area contributed by atoms with Gasteiger partial charge in [-0.05, 0) is 84.9 Å². The first-order valence-corrected chi connectivity index (χ1v) is 13.6. The van der Waals surface area contributed by atoms with Crippen molar-refractivity contribution in [1.29, 1.82) is 0 Å². The van der Waals surface area contributed by atoms with Gasteiger partial charge in [0.05, 0.1) is 24.7 Å². The zero-order valence-electron chi connectivity index (χ0n) is 21.9.